The third-order valence-corrected chi connectivity index (χ3v) is 5.01. The van der Waals surface area contributed by atoms with Gasteiger partial charge in [0.2, 0.25) is 0 Å². The highest BCUT2D eigenvalue weighted by atomic mass is 32.2. The van der Waals surface area contributed by atoms with E-state index in [-0.39, 0.29) is 16.1 Å². The van der Waals surface area contributed by atoms with Crippen LogP contribution in [0.5, 0.6) is 0 Å². The van der Waals surface area contributed by atoms with E-state index in [0.717, 1.165) is 42.5 Å². The van der Waals surface area contributed by atoms with Crippen molar-refractivity contribution in [3.05, 3.63) is 59.7 Å². The first-order valence-electron chi connectivity index (χ1n) is 7.89. The number of anilines is 1. The molecule has 2 aromatic rings. The Balaban J connectivity index is 2.12. The molecule has 1 atom stereocenters. The lowest BCUT2D eigenvalue weighted by Crippen LogP contribution is -2.36. The lowest BCUT2D eigenvalue weighted by Gasteiger charge is -2.12. The lowest BCUT2D eigenvalue weighted by atomic mass is 10.2. The summed E-state index contributed by atoms with van der Waals surface area (Å²) in [5.74, 6) is -2.27. The highest BCUT2D eigenvalue weighted by Crippen LogP contribution is 2.31. The topological polar surface area (TPSA) is 133 Å². The molecule has 8 nitrogen and oxygen atoms in total. The molecule has 2 aromatic carbocycles. The predicted molar refractivity (Wildman–Crippen MR) is 94.7 cm³/mol. The quantitative estimate of drug-likeness (QED) is 0.526. The van der Waals surface area contributed by atoms with Gasteiger partial charge >= 0.3 is 12.1 Å². The van der Waals surface area contributed by atoms with Crippen LogP contribution < -0.4 is 10.0 Å². The van der Waals surface area contributed by atoms with Crippen molar-refractivity contribution in [1.29, 1.82) is 0 Å². The van der Waals surface area contributed by atoms with Gasteiger partial charge in [0.05, 0.1) is 17.0 Å². The van der Waals surface area contributed by atoms with Gasteiger partial charge in [0.1, 0.15) is 0 Å². The molecule has 0 bridgehead atoms. The maximum Gasteiger partial charge on any atom is 0.416 e. The van der Waals surface area contributed by atoms with Crippen molar-refractivity contribution in [2.24, 2.45) is 0 Å². The Labute approximate surface area is 163 Å². The first kappa shape index (κ1) is 22.2. The van der Waals surface area contributed by atoms with E-state index >= 15 is 0 Å². The molecule has 0 aliphatic carbocycles. The fourth-order valence-electron chi connectivity index (χ4n) is 2.14. The van der Waals surface area contributed by atoms with Gasteiger partial charge in [0.15, 0.2) is 6.10 Å². The molecule has 0 aliphatic heterocycles. The number of aliphatic carboxylic acids is 1. The number of carboxylic acids is 1. The van der Waals surface area contributed by atoms with Gasteiger partial charge in [-0.15, -0.1) is 0 Å². The number of hydrogen-bond acceptors (Lipinski definition) is 5. The Kier molecular flexibility index (Phi) is 6.49. The number of hydrogen-bond donors (Lipinski definition) is 4. The van der Waals surface area contributed by atoms with Crippen LogP contribution in [0.3, 0.4) is 0 Å². The number of halogens is 3. The van der Waals surface area contributed by atoms with Crippen LogP contribution in [0, 0.1) is 0 Å². The van der Waals surface area contributed by atoms with E-state index in [2.05, 4.69) is 5.32 Å². The van der Waals surface area contributed by atoms with Gasteiger partial charge < -0.3 is 15.5 Å². The number of amides is 1. The van der Waals surface area contributed by atoms with E-state index in [1.807, 2.05) is 4.72 Å². The molecule has 1 amide bonds. The Morgan fingerprint density at radius 3 is 2.24 bits per heavy atom. The van der Waals surface area contributed by atoms with Crippen LogP contribution in [0.1, 0.15) is 15.9 Å². The van der Waals surface area contributed by atoms with Gasteiger partial charge in [-0.2, -0.15) is 13.2 Å². The summed E-state index contributed by atoms with van der Waals surface area (Å²) in [6.07, 6.45) is -6.43. The van der Waals surface area contributed by atoms with Gasteiger partial charge in [-0.05, 0) is 42.5 Å². The summed E-state index contributed by atoms with van der Waals surface area (Å²) in [6.45, 7) is -0.550. The number of aliphatic hydroxyl groups is 1. The molecule has 4 N–H and O–H groups in total. The monoisotopic (exact) mass is 432 g/mol. The average molecular weight is 432 g/mol. The number of carboxylic acid groups (broad SMARTS) is 1. The predicted octanol–water partition coefficient (Wildman–Crippen LogP) is 1.68. The molecule has 0 aliphatic rings. The second-order valence-electron chi connectivity index (χ2n) is 5.77. The standard InChI is InChI=1S/C17H15F3N2O6S/c18-17(19,20)11-2-1-3-12(8-11)22-29(27,28)13-6-4-10(5-7-13)15(24)21-9-14(23)16(25)26/h1-8,14,22-23H,9H2,(H,21,24)(H,25,26). The smallest absolute Gasteiger partial charge is 0.416 e. The van der Waals surface area contributed by atoms with E-state index in [1.54, 1.807) is 0 Å². The Bertz CT molecular complexity index is 1010. The summed E-state index contributed by atoms with van der Waals surface area (Å²) in [6, 6.07) is 8.02. The number of aliphatic hydroxyl groups excluding tert-OH is 1. The van der Waals surface area contributed by atoms with Crippen LogP contribution >= 0.6 is 0 Å². The van der Waals surface area contributed by atoms with E-state index in [9.17, 15) is 31.2 Å². The van der Waals surface area contributed by atoms with Gasteiger partial charge in [0, 0.05) is 11.3 Å². The van der Waals surface area contributed by atoms with Crippen molar-refractivity contribution in [2.75, 3.05) is 11.3 Å². The lowest BCUT2D eigenvalue weighted by molar-refractivity contribution is -0.146. The number of rotatable bonds is 7. The summed E-state index contributed by atoms with van der Waals surface area (Å²) in [5, 5.41) is 19.8. The molecular formula is C17H15F3N2O6S. The van der Waals surface area contributed by atoms with Gasteiger partial charge in [-0.3, -0.25) is 9.52 Å². The second-order valence-corrected chi connectivity index (χ2v) is 7.45. The SMILES string of the molecule is O=C(NCC(O)C(=O)O)c1ccc(S(=O)(=O)Nc2cccc(C(F)(F)F)c2)cc1. The van der Waals surface area contributed by atoms with Crippen molar-refractivity contribution in [1.82, 2.24) is 5.32 Å². The van der Waals surface area contributed by atoms with E-state index in [1.165, 1.54) is 0 Å². The largest absolute Gasteiger partial charge is 0.479 e. The number of carbonyl (C=O) groups is 2. The van der Waals surface area contributed by atoms with Gasteiger partial charge in [-0.1, -0.05) is 6.07 Å². The summed E-state index contributed by atoms with van der Waals surface area (Å²) in [5.41, 5.74) is -1.32. The first-order valence-corrected chi connectivity index (χ1v) is 9.37. The maximum atomic E-state index is 12.7. The van der Waals surface area contributed by atoms with Crippen LogP contribution in [0.15, 0.2) is 53.4 Å². The molecule has 0 saturated heterocycles. The number of benzene rings is 2. The van der Waals surface area contributed by atoms with Crippen molar-refractivity contribution < 1.29 is 41.4 Å². The fraction of sp³-hybridized carbons (Fsp3) is 0.176. The molecule has 12 heteroatoms. The molecule has 156 valence electrons. The van der Waals surface area contributed by atoms with E-state index in [0.29, 0.717) is 6.07 Å². The second kappa shape index (κ2) is 8.49. The molecule has 0 aromatic heterocycles. The van der Waals surface area contributed by atoms with Gasteiger partial charge in [-0.25, -0.2) is 13.2 Å². The molecule has 1 unspecified atom stereocenters. The minimum Gasteiger partial charge on any atom is -0.479 e. The summed E-state index contributed by atoms with van der Waals surface area (Å²) in [4.78, 5) is 22.1. The normalized spacial score (nSPS) is 12.8. The average Bonchev–Trinajstić information content (AvgIpc) is 2.65. The highest BCUT2D eigenvalue weighted by molar-refractivity contribution is 7.92. The number of carbonyl (C=O) groups excluding carboxylic acids is 1. The van der Waals surface area contributed by atoms with Gasteiger partial charge in [0.25, 0.3) is 15.9 Å². The van der Waals surface area contributed by atoms with Crippen molar-refractivity contribution in [2.45, 2.75) is 17.2 Å². The van der Waals surface area contributed by atoms with E-state index in [4.69, 9.17) is 10.2 Å². The van der Waals surface area contributed by atoms with Crippen LogP contribution in [-0.2, 0) is 21.0 Å². The molecule has 0 heterocycles. The number of sulfonamides is 1. The zero-order chi connectivity index (χ0) is 21.8. The number of alkyl halides is 3. The van der Waals surface area contributed by atoms with Crippen LogP contribution in [-0.4, -0.2) is 43.2 Å². The summed E-state index contributed by atoms with van der Waals surface area (Å²) >= 11 is 0. The maximum absolute atomic E-state index is 12.7. The highest BCUT2D eigenvalue weighted by Gasteiger charge is 2.30. The third-order valence-electron chi connectivity index (χ3n) is 3.61. The first-order chi connectivity index (χ1) is 13.4. The van der Waals surface area contributed by atoms with Crippen molar-refractivity contribution in [3.8, 4) is 0 Å². The van der Waals surface area contributed by atoms with Crippen LogP contribution in [0.2, 0.25) is 0 Å². The fourth-order valence-corrected chi connectivity index (χ4v) is 3.19. The minimum absolute atomic E-state index is 0.0133. The van der Waals surface area contributed by atoms with Crippen LogP contribution in [0.25, 0.3) is 0 Å². The Morgan fingerprint density at radius 2 is 1.69 bits per heavy atom. The van der Waals surface area contributed by atoms with Crippen molar-refractivity contribution >= 4 is 27.6 Å². The van der Waals surface area contributed by atoms with Crippen LogP contribution in [0.4, 0.5) is 18.9 Å². The summed E-state index contributed by atoms with van der Waals surface area (Å²) in [7, 11) is -4.22. The van der Waals surface area contributed by atoms with E-state index < -0.39 is 46.3 Å². The molecule has 2 rings (SSSR count). The molecule has 0 spiro atoms. The summed E-state index contributed by atoms with van der Waals surface area (Å²) < 4.78 is 64.9. The minimum atomic E-state index is -4.63. The molecule has 29 heavy (non-hydrogen) atoms. The Hall–Kier alpha value is -3.12. The zero-order valence-corrected chi connectivity index (χ0v) is 15.3. The van der Waals surface area contributed by atoms with Crippen molar-refractivity contribution in [3.63, 3.8) is 0 Å². The zero-order valence-electron chi connectivity index (χ0n) is 14.5. The third kappa shape index (κ3) is 5.93. The molecule has 0 saturated carbocycles. The number of nitrogens with one attached hydrogen (secondary N) is 2. The Morgan fingerprint density at radius 1 is 1.07 bits per heavy atom. The molecule has 0 fully saturated rings. The molecular weight excluding hydrogens is 417 g/mol. The molecule has 0 radical (unpaired) electrons.